The van der Waals surface area contributed by atoms with Gasteiger partial charge < -0.3 is 14.6 Å². The van der Waals surface area contributed by atoms with Gasteiger partial charge in [0.15, 0.2) is 17.3 Å². The van der Waals surface area contributed by atoms with Crippen molar-refractivity contribution in [1.82, 2.24) is 29.5 Å². The fourth-order valence-electron chi connectivity index (χ4n) is 5.03. The van der Waals surface area contributed by atoms with Crippen LogP contribution in [0.2, 0.25) is 0 Å². The summed E-state index contributed by atoms with van der Waals surface area (Å²) in [5, 5.41) is 4.97. The van der Waals surface area contributed by atoms with E-state index in [1.54, 1.807) is 24.1 Å². The standard InChI is InChI=1S/C25H32FN7O/c1-15(2)20-21-19(30-23(20)18-13-33-24(28-14-29-33)17(4)16(18)3)12-27-25(22(21)26)32-8-6-31(7-9-32)10-11-34-5/h12-15,30H,6-11H2,1-5H3. The molecule has 0 aromatic carbocycles. The Balaban J connectivity index is 1.59. The summed E-state index contributed by atoms with van der Waals surface area (Å²) in [7, 11) is 1.72. The Hall–Kier alpha value is -3.04. The molecule has 34 heavy (non-hydrogen) atoms. The largest absolute Gasteiger partial charge is 0.383 e. The van der Waals surface area contributed by atoms with Crippen LogP contribution < -0.4 is 4.90 Å². The number of rotatable bonds is 6. The molecule has 0 spiro atoms. The van der Waals surface area contributed by atoms with Crippen molar-refractivity contribution in [3.05, 3.63) is 41.2 Å². The zero-order valence-corrected chi connectivity index (χ0v) is 20.5. The number of pyridine rings is 2. The summed E-state index contributed by atoms with van der Waals surface area (Å²) in [6, 6.07) is 0. The third kappa shape index (κ3) is 3.73. The van der Waals surface area contributed by atoms with Crippen LogP contribution in [-0.4, -0.2) is 75.9 Å². The minimum atomic E-state index is -0.245. The Kier molecular flexibility index (Phi) is 5.99. The van der Waals surface area contributed by atoms with Crippen LogP contribution in [-0.2, 0) is 4.74 Å². The second-order valence-electron chi connectivity index (χ2n) is 9.40. The third-order valence-electron chi connectivity index (χ3n) is 7.06. The fraction of sp³-hybridized carbons (Fsp3) is 0.480. The van der Waals surface area contributed by atoms with E-state index in [4.69, 9.17) is 4.74 Å². The van der Waals surface area contributed by atoms with E-state index in [0.717, 1.165) is 71.8 Å². The Morgan fingerprint density at radius 2 is 1.88 bits per heavy atom. The molecule has 0 radical (unpaired) electrons. The molecular formula is C25H32FN7O. The zero-order valence-electron chi connectivity index (χ0n) is 20.5. The summed E-state index contributed by atoms with van der Waals surface area (Å²) >= 11 is 0. The maximum Gasteiger partial charge on any atom is 0.175 e. The normalized spacial score (nSPS) is 15.3. The maximum absolute atomic E-state index is 16.1. The van der Waals surface area contributed by atoms with Gasteiger partial charge in [0.2, 0.25) is 0 Å². The molecule has 180 valence electrons. The predicted molar refractivity (Wildman–Crippen MR) is 132 cm³/mol. The summed E-state index contributed by atoms with van der Waals surface area (Å²) in [5.74, 6) is 0.307. The molecule has 5 rings (SSSR count). The first-order valence-electron chi connectivity index (χ1n) is 11.9. The Morgan fingerprint density at radius 1 is 1.12 bits per heavy atom. The first kappa shape index (κ1) is 22.7. The van der Waals surface area contributed by atoms with Gasteiger partial charge in [0.1, 0.15) is 6.33 Å². The predicted octanol–water partition coefficient (Wildman–Crippen LogP) is 3.92. The van der Waals surface area contributed by atoms with Crippen LogP contribution in [0.1, 0.15) is 36.5 Å². The van der Waals surface area contributed by atoms with Gasteiger partial charge in [0, 0.05) is 57.0 Å². The highest BCUT2D eigenvalue weighted by atomic mass is 19.1. The molecule has 9 heteroatoms. The van der Waals surface area contributed by atoms with Crippen molar-refractivity contribution in [1.29, 1.82) is 0 Å². The van der Waals surface area contributed by atoms with Crippen molar-refractivity contribution in [3.8, 4) is 11.3 Å². The number of hydrogen-bond acceptors (Lipinski definition) is 6. The van der Waals surface area contributed by atoms with Crippen molar-refractivity contribution in [2.24, 2.45) is 0 Å². The quantitative estimate of drug-likeness (QED) is 0.465. The highest BCUT2D eigenvalue weighted by Gasteiger charge is 2.27. The van der Waals surface area contributed by atoms with Crippen LogP contribution in [0, 0.1) is 19.7 Å². The van der Waals surface area contributed by atoms with Gasteiger partial charge in [-0.3, -0.25) is 4.90 Å². The molecule has 0 atom stereocenters. The van der Waals surface area contributed by atoms with E-state index in [1.807, 2.05) is 13.1 Å². The van der Waals surface area contributed by atoms with E-state index >= 15 is 4.39 Å². The number of fused-ring (bicyclic) bond motifs is 2. The molecule has 0 saturated carbocycles. The molecule has 0 bridgehead atoms. The Labute approximate surface area is 198 Å². The summed E-state index contributed by atoms with van der Waals surface area (Å²) in [6.07, 6.45) is 5.31. The second kappa shape index (κ2) is 8.96. The number of aromatic amines is 1. The number of nitrogens with one attached hydrogen (secondary N) is 1. The summed E-state index contributed by atoms with van der Waals surface area (Å²) < 4.78 is 23.1. The van der Waals surface area contributed by atoms with Crippen LogP contribution in [0.4, 0.5) is 10.2 Å². The number of hydrogen-bond donors (Lipinski definition) is 1. The lowest BCUT2D eigenvalue weighted by atomic mass is 9.94. The van der Waals surface area contributed by atoms with Crippen LogP contribution in [0.15, 0.2) is 18.7 Å². The first-order valence-corrected chi connectivity index (χ1v) is 11.9. The Bertz CT molecular complexity index is 1330. The van der Waals surface area contributed by atoms with Crippen molar-refractivity contribution in [2.45, 2.75) is 33.6 Å². The van der Waals surface area contributed by atoms with Crippen molar-refractivity contribution >= 4 is 22.4 Å². The van der Waals surface area contributed by atoms with E-state index in [0.29, 0.717) is 17.8 Å². The van der Waals surface area contributed by atoms with E-state index in [-0.39, 0.29) is 11.7 Å². The molecule has 8 nitrogen and oxygen atoms in total. The number of halogens is 1. The zero-order chi connectivity index (χ0) is 24.0. The van der Waals surface area contributed by atoms with E-state index < -0.39 is 0 Å². The Morgan fingerprint density at radius 3 is 2.59 bits per heavy atom. The molecule has 0 amide bonds. The summed E-state index contributed by atoms with van der Waals surface area (Å²) in [4.78, 5) is 16.8. The van der Waals surface area contributed by atoms with Gasteiger partial charge in [-0.1, -0.05) is 13.8 Å². The molecular weight excluding hydrogens is 433 g/mol. The molecule has 1 N–H and O–H groups in total. The van der Waals surface area contributed by atoms with Crippen LogP contribution >= 0.6 is 0 Å². The smallest absolute Gasteiger partial charge is 0.175 e. The number of methoxy groups -OCH3 is 1. The maximum atomic E-state index is 16.1. The molecule has 0 unspecified atom stereocenters. The minimum absolute atomic E-state index is 0.116. The highest BCUT2D eigenvalue weighted by molar-refractivity contribution is 5.94. The molecule has 1 fully saturated rings. The average Bonchev–Trinajstić information content (AvgIpc) is 3.46. The molecule has 1 aliphatic heterocycles. The van der Waals surface area contributed by atoms with E-state index in [9.17, 15) is 0 Å². The first-order chi connectivity index (χ1) is 16.4. The number of H-pyrrole nitrogens is 1. The molecule has 4 aromatic rings. The van der Waals surface area contributed by atoms with E-state index in [2.05, 4.69) is 50.6 Å². The topological polar surface area (TPSA) is 74.6 Å². The van der Waals surface area contributed by atoms with Crippen LogP contribution in [0.5, 0.6) is 0 Å². The van der Waals surface area contributed by atoms with Crippen LogP contribution in [0.25, 0.3) is 27.8 Å². The van der Waals surface area contributed by atoms with Crippen molar-refractivity contribution < 1.29 is 9.13 Å². The fourth-order valence-corrected chi connectivity index (χ4v) is 5.03. The molecule has 0 aliphatic carbocycles. The molecule has 1 aliphatic rings. The number of aryl methyl sites for hydroxylation is 1. The number of aromatic nitrogens is 5. The van der Waals surface area contributed by atoms with Gasteiger partial charge >= 0.3 is 0 Å². The monoisotopic (exact) mass is 465 g/mol. The number of anilines is 1. The summed E-state index contributed by atoms with van der Waals surface area (Å²) in [6.45, 7) is 13.2. The lowest BCUT2D eigenvalue weighted by Crippen LogP contribution is -2.47. The number of piperazine rings is 1. The lowest BCUT2D eigenvalue weighted by Gasteiger charge is -2.35. The lowest BCUT2D eigenvalue weighted by molar-refractivity contribution is 0.144. The minimum Gasteiger partial charge on any atom is -0.383 e. The average molecular weight is 466 g/mol. The molecule has 5 heterocycles. The van der Waals surface area contributed by atoms with E-state index in [1.165, 1.54) is 0 Å². The molecule has 1 saturated heterocycles. The van der Waals surface area contributed by atoms with Gasteiger partial charge in [-0.15, -0.1) is 0 Å². The van der Waals surface area contributed by atoms with Gasteiger partial charge in [0.05, 0.1) is 24.0 Å². The van der Waals surface area contributed by atoms with Gasteiger partial charge in [0.25, 0.3) is 0 Å². The number of ether oxygens (including phenoxy) is 1. The third-order valence-corrected chi connectivity index (χ3v) is 7.06. The SMILES string of the molecule is COCCN1CCN(c2ncc3[nH]c(-c4cn5ncnc5c(C)c4C)c(C(C)C)c3c2F)CC1. The number of nitrogens with zero attached hydrogens (tertiary/aromatic N) is 6. The van der Waals surface area contributed by atoms with Gasteiger partial charge in [-0.25, -0.2) is 18.9 Å². The van der Waals surface area contributed by atoms with Crippen molar-refractivity contribution in [2.75, 3.05) is 51.3 Å². The van der Waals surface area contributed by atoms with Crippen molar-refractivity contribution in [3.63, 3.8) is 0 Å². The van der Waals surface area contributed by atoms with Crippen LogP contribution in [0.3, 0.4) is 0 Å². The molecule has 4 aromatic heterocycles. The second-order valence-corrected chi connectivity index (χ2v) is 9.40. The van der Waals surface area contributed by atoms with Gasteiger partial charge in [-0.05, 0) is 36.5 Å². The highest BCUT2D eigenvalue weighted by Crippen LogP contribution is 2.40. The van der Waals surface area contributed by atoms with Gasteiger partial charge in [-0.2, -0.15) is 5.10 Å². The summed E-state index contributed by atoms with van der Waals surface area (Å²) in [5.41, 5.74) is 6.62.